The van der Waals surface area contributed by atoms with Gasteiger partial charge >= 0.3 is 0 Å². The Hall–Kier alpha value is -3.22. The Morgan fingerprint density at radius 3 is 2.60 bits per heavy atom. The van der Waals surface area contributed by atoms with Crippen molar-refractivity contribution in [3.63, 3.8) is 0 Å². The van der Waals surface area contributed by atoms with Crippen molar-refractivity contribution in [1.29, 1.82) is 0 Å². The van der Waals surface area contributed by atoms with E-state index in [-0.39, 0.29) is 12.1 Å². The fourth-order valence-electron chi connectivity index (χ4n) is 2.63. The van der Waals surface area contributed by atoms with Crippen molar-refractivity contribution >= 4 is 28.9 Å². The summed E-state index contributed by atoms with van der Waals surface area (Å²) in [5.74, 6) is -1.41. The zero-order valence-electron chi connectivity index (χ0n) is 13.6. The zero-order valence-corrected chi connectivity index (χ0v) is 13.6. The van der Waals surface area contributed by atoms with E-state index in [9.17, 15) is 14.0 Å². The minimum absolute atomic E-state index is 0.0877. The van der Waals surface area contributed by atoms with Gasteiger partial charge in [-0.1, -0.05) is 12.1 Å². The Balaban J connectivity index is 1.83. The van der Waals surface area contributed by atoms with Crippen molar-refractivity contribution in [2.75, 3.05) is 10.3 Å². The van der Waals surface area contributed by atoms with Crippen LogP contribution in [0.2, 0.25) is 0 Å². The van der Waals surface area contributed by atoms with Gasteiger partial charge in [-0.3, -0.25) is 14.6 Å². The quantitative estimate of drug-likeness (QED) is 0.894. The fourth-order valence-corrected chi connectivity index (χ4v) is 2.63. The number of rotatable bonds is 4. The van der Waals surface area contributed by atoms with Gasteiger partial charge in [-0.15, -0.1) is 0 Å². The number of hydrazone groups is 1. The van der Waals surface area contributed by atoms with Crippen molar-refractivity contribution in [2.45, 2.75) is 19.4 Å². The highest BCUT2D eigenvalue weighted by Gasteiger charge is 2.35. The summed E-state index contributed by atoms with van der Waals surface area (Å²) in [5, 5.41) is 8.33. The molecule has 25 heavy (non-hydrogen) atoms. The first-order valence-corrected chi connectivity index (χ1v) is 7.73. The minimum Gasteiger partial charge on any atom is -0.368 e. The molecule has 0 bridgehead atoms. The number of carbonyl (C=O) groups is 2. The van der Waals surface area contributed by atoms with E-state index < -0.39 is 23.7 Å². The second kappa shape index (κ2) is 6.72. The molecule has 1 aliphatic heterocycles. The Morgan fingerprint density at radius 1 is 1.24 bits per heavy atom. The number of anilines is 2. The molecule has 3 N–H and O–H groups in total. The van der Waals surface area contributed by atoms with Crippen molar-refractivity contribution in [1.82, 2.24) is 0 Å². The first-order chi connectivity index (χ1) is 11.9. The highest BCUT2D eigenvalue weighted by atomic mass is 19.1. The second-order valence-electron chi connectivity index (χ2n) is 5.81. The molecule has 7 heteroatoms. The van der Waals surface area contributed by atoms with E-state index in [0.29, 0.717) is 11.4 Å². The highest BCUT2D eigenvalue weighted by molar-refractivity contribution is 6.44. The summed E-state index contributed by atoms with van der Waals surface area (Å²) in [5.41, 5.74) is 7.76. The van der Waals surface area contributed by atoms with Gasteiger partial charge in [0.15, 0.2) is 0 Å². The van der Waals surface area contributed by atoms with Gasteiger partial charge in [0.05, 0.1) is 5.69 Å². The van der Waals surface area contributed by atoms with Crippen molar-refractivity contribution < 1.29 is 14.0 Å². The molecule has 2 amide bonds. The smallest absolute Gasteiger partial charge is 0.271 e. The van der Waals surface area contributed by atoms with Crippen molar-refractivity contribution in [3.8, 4) is 0 Å². The Kier molecular flexibility index (Phi) is 4.47. The standard InChI is InChI=1S/C18H17FN4O2/c1-11-3-2-4-13(9-11)21-18(25)15-10-16(17(20)24)23(22-15)14-7-5-12(19)6-8-14/h2-9,16H,10H2,1H3,(H2,20,24)(H,21,25). The average Bonchev–Trinajstić information content (AvgIpc) is 3.01. The van der Waals surface area contributed by atoms with Crippen LogP contribution < -0.4 is 16.1 Å². The molecule has 0 radical (unpaired) electrons. The predicted molar refractivity (Wildman–Crippen MR) is 93.7 cm³/mol. The maximum Gasteiger partial charge on any atom is 0.271 e. The zero-order chi connectivity index (χ0) is 18.0. The first-order valence-electron chi connectivity index (χ1n) is 7.73. The van der Waals surface area contributed by atoms with Crippen LogP contribution in [0.25, 0.3) is 0 Å². The number of halogens is 1. The number of hydrogen-bond acceptors (Lipinski definition) is 4. The maximum absolute atomic E-state index is 13.1. The second-order valence-corrected chi connectivity index (χ2v) is 5.81. The number of benzene rings is 2. The van der Waals surface area contributed by atoms with E-state index in [0.717, 1.165) is 5.56 Å². The molecule has 0 fully saturated rings. The lowest BCUT2D eigenvalue weighted by Crippen LogP contribution is -2.39. The summed E-state index contributed by atoms with van der Waals surface area (Å²) in [6.45, 7) is 1.92. The number of amides is 2. The molecule has 1 unspecified atom stereocenters. The molecule has 0 saturated heterocycles. The van der Waals surface area contributed by atoms with Crippen molar-refractivity contribution in [3.05, 3.63) is 59.9 Å². The van der Waals surface area contributed by atoms with Gasteiger partial charge in [0.1, 0.15) is 17.6 Å². The fraction of sp³-hybridized carbons (Fsp3) is 0.167. The molecular weight excluding hydrogens is 323 g/mol. The van der Waals surface area contributed by atoms with Gasteiger partial charge in [0.25, 0.3) is 5.91 Å². The predicted octanol–water partition coefficient (Wildman–Crippen LogP) is 2.19. The van der Waals surface area contributed by atoms with E-state index in [1.807, 2.05) is 25.1 Å². The Bertz CT molecular complexity index is 848. The average molecular weight is 340 g/mol. The molecule has 128 valence electrons. The van der Waals surface area contributed by atoms with Gasteiger partial charge in [-0.05, 0) is 48.9 Å². The van der Waals surface area contributed by atoms with Crippen LogP contribution in [0.15, 0.2) is 53.6 Å². The Labute approximate surface area is 144 Å². The van der Waals surface area contributed by atoms with Crippen LogP contribution >= 0.6 is 0 Å². The number of nitrogens with zero attached hydrogens (tertiary/aromatic N) is 2. The molecule has 3 rings (SSSR count). The number of carbonyl (C=O) groups excluding carboxylic acids is 2. The van der Waals surface area contributed by atoms with Crippen LogP contribution in [0.4, 0.5) is 15.8 Å². The summed E-state index contributed by atoms with van der Waals surface area (Å²) in [6, 6.07) is 12.0. The number of nitrogens with one attached hydrogen (secondary N) is 1. The van der Waals surface area contributed by atoms with E-state index in [2.05, 4.69) is 10.4 Å². The lowest BCUT2D eigenvalue weighted by Gasteiger charge is -2.20. The van der Waals surface area contributed by atoms with E-state index in [4.69, 9.17) is 5.73 Å². The minimum atomic E-state index is -0.788. The first kappa shape index (κ1) is 16.6. The summed E-state index contributed by atoms with van der Waals surface area (Å²) < 4.78 is 13.1. The SMILES string of the molecule is Cc1cccc(NC(=O)C2=NN(c3ccc(F)cc3)C(C(N)=O)C2)c1. The van der Waals surface area contributed by atoms with Crippen LogP contribution in [0, 0.1) is 12.7 Å². The molecule has 2 aromatic rings. The number of nitrogens with two attached hydrogens (primary N) is 1. The monoisotopic (exact) mass is 340 g/mol. The molecule has 0 spiro atoms. The molecule has 1 heterocycles. The lowest BCUT2D eigenvalue weighted by atomic mass is 10.1. The van der Waals surface area contributed by atoms with Gasteiger partial charge < -0.3 is 11.1 Å². The third kappa shape index (κ3) is 3.65. The summed E-state index contributed by atoms with van der Waals surface area (Å²) in [4.78, 5) is 24.2. The van der Waals surface area contributed by atoms with Gasteiger partial charge in [-0.2, -0.15) is 5.10 Å². The number of aryl methyl sites for hydroxylation is 1. The highest BCUT2D eigenvalue weighted by Crippen LogP contribution is 2.25. The molecule has 0 saturated carbocycles. The Morgan fingerprint density at radius 2 is 1.96 bits per heavy atom. The molecule has 1 aliphatic rings. The van der Waals surface area contributed by atoms with Crippen LogP contribution in [-0.4, -0.2) is 23.6 Å². The molecule has 0 aromatic heterocycles. The largest absolute Gasteiger partial charge is 0.368 e. The number of primary amides is 1. The molecule has 6 nitrogen and oxygen atoms in total. The lowest BCUT2D eigenvalue weighted by molar-refractivity contribution is -0.119. The van der Waals surface area contributed by atoms with Crippen molar-refractivity contribution in [2.24, 2.45) is 10.8 Å². The van der Waals surface area contributed by atoms with E-state index >= 15 is 0 Å². The van der Waals surface area contributed by atoms with Crippen LogP contribution in [0.1, 0.15) is 12.0 Å². The normalized spacial score (nSPS) is 16.5. The molecule has 2 aromatic carbocycles. The topological polar surface area (TPSA) is 87.8 Å². The molecule has 1 atom stereocenters. The third-order valence-corrected chi connectivity index (χ3v) is 3.87. The number of hydrogen-bond donors (Lipinski definition) is 2. The van der Waals surface area contributed by atoms with Crippen LogP contribution in [0.5, 0.6) is 0 Å². The van der Waals surface area contributed by atoms with Gasteiger partial charge in [0.2, 0.25) is 5.91 Å². The summed E-state index contributed by atoms with van der Waals surface area (Å²) in [6.07, 6.45) is 0.0877. The molecule has 0 aliphatic carbocycles. The summed E-state index contributed by atoms with van der Waals surface area (Å²) >= 11 is 0. The van der Waals surface area contributed by atoms with E-state index in [1.54, 1.807) is 6.07 Å². The van der Waals surface area contributed by atoms with Gasteiger partial charge in [-0.25, -0.2) is 4.39 Å². The van der Waals surface area contributed by atoms with Crippen LogP contribution in [0.3, 0.4) is 0 Å². The van der Waals surface area contributed by atoms with E-state index in [1.165, 1.54) is 29.3 Å². The van der Waals surface area contributed by atoms with Crippen LogP contribution in [-0.2, 0) is 9.59 Å². The van der Waals surface area contributed by atoms with Gasteiger partial charge in [0, 0.05) is 12.1 Å². The summed E-state index contributed by atoms with van der Waals surface area (Å²) in [7, 11) is 0. The molecular formula is C18H17FN4O2. The maximum atomic E-state index is 13.1. The third-order valence-electron chi connectivity index (χ3n) is 3.87.